The van der Waals surface area contributed by atoms with Crippen LogP contribution < -0.4 is 15.6 Å². The predicted molar refractivity (Wildman–Crippen MR) is 103 cm³/mol. The van der Waals surface area contributed by atoms with Gasteiger partial charge in [0, 0.05) is 31.3 Å². The Morgan fingerprint density at radius 1 is 1.11 bits per heavy atom. The molecule has 1 aliphatic heterocycles. The summed E-state index contributed by atoms with van der Waals surface area (Å²) in [6.07, 6.45) is 2.82. The Balaban J connectivity index is 1.44. The van der Waals surface area contributed by atoms with Crippen LogP contribution in [0.25, 0.3) is 11.1 Å². The molecule has 0 radical (unpaired) electrons. The maximum atomic E-state index is 13.1. The second-order valence-corrected chi connectivity index (χ2v) is 6.93. The largest absolute Gasteiger partial charge is 0.490 e. The summed E-state index contributed by atoms with van der Waals surface area (Å²) in [6.45, 7) is 3.19. The number of aromatic amines is 1. The number of pyridine rings is 1. The van der Waals surface area contributed by atoms with Crippen molar-refractivity contribution in [1.82, 2.24) is 10.3 Å². The van der Waals surface area contributed by atoms with Crippen LogP contribution in [-0.4, -0.2) is 11.1 Å². The zero-order valence-corrected chi connectivity index (χ0v) is 15.1. The van der Waals surface area contributed by atoms with Crippen LogP contribution in [0.1, 0.15) is 23.6 Å². The van der Waals surface area contributed by atoms with Crippen molar-refractivity contribution in [2.75, 3.05) is 0 Å². The molecule has 0 saturated carbocycles. The lowest BCUT2D eigenvalue weighted by Crippen LogP contribution is -2.20. The van der Waals surface area contributed by atoms with Crippen LogP contribution in [0.15, 0.2) is 59.5 Å². The summed E-state index contributed by atoms with van der Waals surface area (Å²) in [5, 5.41) is 3.33. The van der Waals surface area contributed by atoms with E-state index in [9.17, 15) is 9.18 Å². The quantitative estimate of drug-likeness (QED) is 0.724. The number of fused-ring (bicyclic) bond motifs is 1. The van der Waals surface area contributed by atoms with E-state index in [0.29, 0.717) is 18.7 Å². The third-order valence-corrected chi connectivity index (χ3v) is 4.76. The van der Waals surface area contributed by atoms with Crippen molar-refractivity contribution < 1.29 is 9.13 Å². The van der Waals surface area contributed by atoms with Gasteiger partial charge in [0.15, 0.2) is 0 Å². The second-order valence-electron chi connectivity index (χ2n) is 6.93. The molecule has 0 amide bonds. The third-order valence-electron chi connectivity index (χ3n) is 4.76. The van der Waals surface area contributed by atoms with Gasteiger partial charge in [-0.25, -0.2) is 4.39 Å². The van der Waals surface area contributed by atoms with Crippen LogP contribution in [-0.2, 0) is 19.5 Å². The monoisotopic (exact) mass is 364 g/mol. The first kappa shape index (κ1) is 17.5. The zero-order chi connectivity index (χ0) is 18.8. The van der Waals surface area contributed by atoms with Crippen molar-refractivity contribution in [2.45, 2.75) is 32.5 Å². The van der Waals surface area contributed by atoms with E-state index in [1.165, 1.54) is 17.7 Å². The van der Waals surface area contributed by atoms with Crippen LogP contribution >= 0.6 is 0 Å². The SMILES string of the molecule is C[C@H]1Cc2cc(CNCc3cc(-c4ccc(F)cc4)c[nH]c3=O)ccc2O1. The molecule has 0 fully saturated rings. The van der Waals surface area contributed by atoms with Gasteiger partial charge in [-0.2, -0.15) is 0 Å². The molecule has 0 bridgehead atoms. The predicted octanol–water partition coefficient (Wildman–Crippen LogP) is 3.79. The first-order chi connectivity index (χ1) is 13.1. The van der Waals surface area contributed by atoms with Crippen molar-refractivity contribution in [1.29, 1.82) is 0 Å². The molecule has 1 atom stereocenters. The number of ether oxygens (including phenoxy) is 1. The molecule has 1 aliphatic rings. The number of hydrogen-bond acceptors (Lipinski definition) is 3. The maximum absolute atomic E-state index is 13.1. The Labute approximate surface area is 157 Å². The van der Waals surface area contributed by atoms with Crippen LogP contribution in [0.4, 0.5) is 4.39 Å². The highest BCUT2D eigenvalue weighted by Crippen LogP contribution is 2.29. The molecule has 4 nitrogen and oxygen atoms in total. The summed E-state index contributed by atoms with van der Waals surface area (Å²) in [5.74, 6) is 0.689. The van der Waals surface area contributed by atoms with E-state index in [1.54, 1.807) is 18.3 Å². The highest BCUT2D eigenvalue weighted by atomic mass is 19.1. The first-order valence-electron chi connectivity index (χ1n) is 9.05. The number of halogens is 1. The lowest BCUT2D eigenvalue weighted by Gasteiger charge is -2.08. The minimum Gasteiger partial charge on any atom is -0.490 e. The van der Waals surface area contributed by atoms with Gasteiger partial charge in [0.2, 0.25) is 0 Å². The minimum absolute atomic E-state index is 0.121. The van der Waals surface area contributed by atoms with Crippen molar-refractivity contribution >= 4 is 0 Å². The van der Waals surface area contributed by atoms with Gasteiger partial charge in [-0.15, -0.1) is 0 Å². The van der Waals surface area contributed by atoms with Crippen molar-refractivity contribution in [3.05, 3.63) is 87.6 Å². The highest BCUT2D eigenvalue weighted by Gasteiger charge is 2.18. The number of hydrogen-bond donors (Lipinski definition) is 2. The van der Waals surface area contributed by atoms with Gasteiger partial charge >= 0.3 is 0 Å². The molecule has 2 N–H and O–H groups in total. The van der Waals surface area contributed by atoms with Crippen molar-refractivity contribution in [2.24, 2.45) is 0 Å². The fourth-order valence-electron chi connectivity index (χ4n) is 3.40. The molecule has 27 heavy (non-hydrogen) atoms. The summed E-state index contributed by atoms with van der Waals surface area (Å²) in [5.41, 5.74) is 4.65. The van der Waals surface area contributed by atoms with Gasteiger partial charge < -0.3 is 15.0 Å². The van der Waals surface area contributed by atoms with Gasteiger partial charge in [0.1, 0.15) is 17.7 Å². The smallest absolute Gasteiger partial charge is 0.252 e. The second kappa shape index (κ2) is 7.37. The van der Waals surface area contributed by atoms with E-state index in [-0.39, 0.29) is 17.5 Å². The molecule has 2 heterocycles. The molecule has 0 aliphatic carbocycles. The first-order valence-corrected chi connectivity index (χ1v) is 9.05. The van der Waals surface area contributed by atoms with Gasteiger partial charge in [-0.05, 0) is 53.4 Å². The van der Waals surface area contributed by atoms with Crippen LogP contribution in [0.2, 0.25) is 0 Å². The molecular formula is C22H21FN2O2. The van der Waals surface area contributed by atoms with Crippen LogP contribution in [0, 0.1) is 5.82 Å². The summed E-state index contributed by atoms with van der Waals surface area (Å²) in [4.78, 5) is 14.9. The molecule has 2 aromatic carbocycles. The molecule has 4 rings (SSSR count). The molecule has 1 aromatic heterocycles. The van der Waals surface area contributed by atoms with Gasteiger partial charge in [0.25, 0.3) is 5.56 Å². The standard InChI is InChI=1S/C22H21FN2O2/c1-14-8-17-9-15(2-7-21(17)27-14)11-24-12-19-10-18(13-25-22(19)26)16-3-5-20(23)6-4-16/h2-7,9-10,13-14,24H,8,11-12H2,1H3,(H,25,26)/t14-/m0/s1. The van der Waals surface area contributed by atoms with E-state index in [4.69, 9.17) is 4.74 Å². The normalized spacial score (nSPS) is 15.4. The molecule has 0 saturated heterocycles. The number of rotatable bonds is 5. The Morgan fingerprint density at radius 3 is 2.74 bits per heavy atom. The summed E-state index contributed by atoms with van der Waals surface area (Å²) in [6, 6.07) is 14.3. The lowest BCUT2D eigenvalue weighted by atomic mass is 10.1. The lowest BCUT2D eigenvalue weighted by molar-refractivity contribution is 0.254. The molecule has 0 unspecified atom stereocenters. The third kappa shape index (κ3) is 3.93. The van der Waals surface area contributed by atoms with Crippen LogP contribution in [0.5, 0.6) is 5.75 Å². The van der Waals surface area contributed by atoms with Gasteiger partial charge in [-0.3, -0.25) is 4.79 Å². The fraction of sp³-hybridized carbons (Fsp3) is 0.227. The molecule has 138 valence electrons. The average molecular weight is 364 g/mol. The summed E-state index contributed by atoms with van der Waals surface area (Å²) in [7, 11) is 0. The number of aromatic nitrogens is 1. The Hall–Kier alpha value is -2.92. The zero-order valence-electron chi connectivity index (χ0n) is 15.1. The summed E-state index contributed by atoms with van der Waals surface area (Å²) < 4.78 is 18.8. The maximum Gasteiger partial charge on any atom is 0.252 e. The molecule has 0 spiro atoms. The number of H-pyrrole nitrogens is 1. The van der Waals surface area contributed by atoms with E-state index in [1.807, 2.05) is 18.2 Å². The topological polar surface area (TPSA) is 54.1 Å². The minimum atomic E-state index is -0.279. The molecule has 3 aromatic rings. The van der Waals surface area contributed by atoms with Gasteiger partial charge in [-0.1, -0.05) is 24.3 Å². The fourth-order valence-corrected chi connectivity index (χ4v) is 3.40. The van der Waals surface area contributed by atoms with E-state index in [0.717, 1.165) is 28.9 Å². The number of benzene rings is 2. The van der Waals surface area contributed by atoms with Crippen molar-refractivity contribution in [3.8, 4) is 16.9 Å². The van der Waals surface area contributed by atoms with Crippen molar-refractivity contribution in [3.63, 3.8) is 0 Å². The van der Waals surface area contributed by atoms with E-state index >= 15 is 0 Å². The Kier molecular flexibility index (Phi) is 4.77. The molecular weight excluding hydrogens is 343 g/mol. The Morgan fingerprint density at radius 2 is 1.93 bits per heavy atom. The average Bonchev–Trinajstić information content (AvgIpc) is 3.03. The number of nitrogens with one attached hydrogen (secondary N) is 2. The Bertz CT molecular complexity index is 1010. The molecule has 5 heteroatoms. The van der Waals surface area contributed by atoms with E-state index in [2.05, 4.69) is 23.3 Å². The highest BCUT2D eigenvalue weighted by molar-refractivity contribution is 5.62. The van der Waals surface area contributed by atoms with Crippen LogP contribution in [0.3, 0.4) is 0 Å². The van der Waals surface area contributed by atoms with Gasteiger partial charge in [0.05, 0.1) is 0 Å². The summed E-state index contributed by atoms with van der Waals surface area (Å²) >= 11 is 0. The van der Waals surface area contributed by atoms with E-state index < -0.39 is 0 Å².